The number of aromatic nitrogens is 3. The average molecular weight is 476 g/mol. The molecule has 0 bridgehead atoms. The van der Waals surface area contributed by atoms with Crippen LogP contribution in [0.4, 0.5) is 5.82 Å². The third-order valence-electron chi connectivity index (χ3n) is 6.13. The average Bonchev–Trinajstić information content (AvgIpc) is 2.87. The zero-order chi connectivity index (χ0) is 23.5. The second kappa shape index (κ2) is 9.46. The maximum Gasteiger partial charge on any atom is 0.367 e. The van der Waals surface area contributed by atoms with Gasteiger partial charge in [0.15, 0.2) is 0 Å². The summed E-state index contributed by atoms with van der Waals surface area (Å²) < 4.78 is 25.5. The van der Waals surface area contributed by atoms with Gasteiger partial charge < -0.3 is 5.32 Å². The fraction of sp³-hybridized carbons (Fsp3) is 0.240. The largest absolute Gasteiger partial charge is 0.367 e. The molecule has 174 valence electrons. The Balaban J connectivity index is 1.60. The van der Waals surface area contributed by atoms with E-state index < -0.39 is 10.2 Å². The van der Waals surface area contributed by atoms with E-state index in [1.807, 2.05) is 48.5 Å². The first-order valence-electron chi connectivity index (χ1n) is 11.3. The van der Waals surface area contributed by atoms with Gasteiger partial charge in [-0.1, -0.05) is 48.5 Å². The van der Waals surface area contributed by atoms with E-state index in [2.05, 4.69) is 33.6 Å². The minimum Gasteiger partial charge on any atom is -0.364 e. The molecule has 1 aliphatic heterocycles. The first-order valence-corrected chi connectivity index (χ1v) is 12.9. The molecule has 3 heterocycles. The fourth-order valence-electron chi connectivity index (χ4n) is 4.45. The van der Waals surface area contributed by atoms with E-state index in [1.54, 1.807) is 6.20 Å². The summed E-state index contributed by atoms with van der Waals surface area (Å²) in [6, 6.07) is 22.0. The highest BCUT2D eigenvalue weighted by atomic mass is 32.2. The number of quaternary nitrogens is 1. The Kier molecular flexibility index (Phi) is 6.23. The number of anilines is 1. The lowest BCUT2D eigenvalue weighted by molar-refractivity contribution is -0.177. The van der Waals surface area contributed by atoms with Crippen LogP contribution in [-0.4, -0.2) is 40.8 Å². The number of hydrogen-bond donors (Lipinski definition) is 2. The molecule has 4 N–H and O–H groups in total. The topological polar surface area (TPSA) is 116 Å². The lowest BCUT2D eigenvalue weighted by atomic mass is 9.97. The van der Waals surface area contributed by atoms with E-state index in [4.69, 9.17) is 9.97 Å². The predicted molar refractivity (Wildman–Crippen MR) is 132 cm³/mol. The van der Waals surface area contributed by atoms with Crippen molar-refractivity contribution in [2.24, 2.45) is 0 Å². The van der Waals surface area contributed by atoms with Crippen LogP contribution in [0.5, 0.6) is 0 Å². The van der Waals surface area contributed by atoms with E-state index in [0.29, 0.717) is 25.5 Å². The van der Waals surface area contributed by atoms with Crippen LogP contribution in [0.15, 0.2) is 72.9 Å². The summed E-state index contributed by atoms with van der Waals surface area (Å²) >= 11 is 0. The van der Waals surface area contributed by atoms with E-state index >= 15 is 0 Å². The Labute approximate surface area is 199 Å². The summed E-state index contributed by atoms with van der Waals surface area (Å²) in [7, 11) is -3.50. The third kappa shape index (κ3) is 4.77. The number of fused-ring (bicyclic) bond motifs is 1. The zero-order valence-electron chi connectivity index (χ0n) is 18.8. The number of piperidine rings is 1. The number of benzene rings is 2. The van der Waals surface area contributed by atoms with Crippen molar-refractivity contribution >= 4 is 26.9 Å². The summed E-state index contributed by atoms with van der Waals surface area (Å²) in [4.78, 5) is 14.3. The predicted octanol–water partition coefficient (Wildman–Crippen LogP) is 2.97. The van der Waals surface area contributed by atoms with Crippen molar-refractivity contribution in [3.05, 3.63) is 84.4 Å². The SMILES string of the molecule is [NH3+]S(=O)(=O)N1CCCC(c2nc(NCc3ccccn3)c3c(-c4ccccc4)cccc3n2)C1. The van der Waals surface area contributed by atoms with Gasteiger partial charge in [0, 0.05) is 25.2 Å². The highest BCUT2D eigenvalue weighted by molar-refractivity contribution is 7.82. The van der Waals surface area contributed by atoms with Crippen LogP contribution in [0.1, 0.15) is 30.3 Å². The number of nitrogens with one attached hydrogen (secondary N) is 1. The molecule has 9 heteroatoms. The molecule has 0 aliphatic carbocycles. The number of pyridine rings is 1. The van der Waals surface area contributed by atoms with Crippen molar-refractivity contribution in [1.82, 2.24) is 19.3 Å². The van der Waals surface area contributed by atoms with Crippen LogP contribution >= 0.6 is 0 Å². The Morgan fingerprint density at radius 2 is 1.82 bits per heavy atom. The molecule has 1 fully saturated rings. The Morgan fingerprint density at radius 1 is 1.00 bits per heavy atom. The molecule has 0 radical (unpaired) electrons. The van der Waals surface area contributed by atoms with E-state index in [-0.39, 0.29) is 5.92 Å². The highest BCUT2D eigenvalue weighted by Crippen LogP contribution is 2.35. The van der Waals surface area contributed by atoms with Gasteiger partial charge in [-0.2, -0.15) is 12.7 Å². The number of nitrogens with zero attached hydrogens (tertiary/aromatic N) is 4. The van der Waals surface area contributed by atoms with Crippen molar-refractivity contribution in [2.45, 2.75) is 25.3 Å². The summed E-state index contributed by atoms with van der Waals surface area (Å²) in [6.45, 7) is 1.34. The molecule has 4 aromatic rings. The second-order valence-electron chi connectivity index (χ2n) is 8.48. The first-order chi connectivity index (χ1) is 16.5. The molecule has 0 spiro atoms. The van der Waals surface area contributed by atoms with Gasteiger partial charge in [0.1, 0.15) is 11.6 Å². The monoisotopic (exact) mass is 475 g/mol. The Bertz CT molecular complexity index is 1400. The van der Waals surface area contributed by atoms with Crippen molar-refractivity contribution in [3.8, 4) is 11.1 Å². The molecule has 2 aromatic carbocycles. The molecule has 1 aliphatic rings. The van der Waals surface area contributed by atoms with Crippen molar-refractivity contribution in [2.75, 3.05) is 18.4 Å². The summed E-state index contributed by atoms with van der Waals surface area (Å²) in [5.74, 6) is 1.28. The van der Waals surface area contributed by atoms with Crippen LogP contribution in [0.3, 0.4) is 0 Å². The lowest BCUT2D eigenvalue weighted by Crippen LogP contribution is -2.65. The van der Waals surface area contributed by atoms with Gasteiger partial charge in [0.25, 0.3) is 0 Å². The molecule has 34 heavy (non-hydrogen) atoms. The van der Waals surface area contributed by atoms with Crippen LogP contribution in [0.25, 0.3) is 22.0 Å². The van der Waals surface area contributed by atoms with E-state index in [0.717, 1.165) is 46.4 Å². The van der Waals surface area contributed by atoms with E-state index in [1.165, 1.54) is 4.31 Å². The van der Waals surface area contributed by atoms with Gasteiger partial charge in [0.05, 0.1) is 23.1 Å². The number of hydrogen-bond acceptors (Lipinski definition) is 6. The van der Waals surface area contributed by atoms with Gasteiger partial charge >= 0.3 is 10.2 Å². The van der Waals surface area contributed by atoms with Crippen LogP contribution in [-0.2, 0) is 16.8 Å². The molecule has 1 saturated heterocycles. The fourth-order valence-corrected chi connectivity index (χ4v) is 5.27. The van der Waals surface area contributed by atoms with Gasteiger partial charge in [-0.3, -0.25) is 4.98 Å². The summed E-state index contributed by atoms with van der Waals surface area (Å²) in [5.41, 5.74) is 3.85. The molecule has 0 amide bonds. The van der Waals surface area contributed by atoms with Crippen LogP contribution < -0.4 is 10.5 Å². The second-order valence-corrected chi connectivity index (χ2v) is 10.2. The lowest BCUT2D eigenvalue weighted by Gasteiger charge is -2.28. The van der Waals surface area contributed by atoms with Gasteiger partial charge in [-0.25, -0.2) is 15.1 Å². The first kappa shape index (κ1) is 22.4. The molecule has 0 saturated carbocycles. The summed E-state index contributed by atoms with van der Waals surface area (Å²) in [6.07, 6.45) is 3.35. The van der Waals surface area contributed by atoms with Crippen LogP contribution in [0.2, 0.25) is 0 Å². The summed E-state index contributed by atoms with van der Waals surface area (Å²) in [5, 5.41) is 7.75. The Hall–Kier alpha value is -3.40. The maximum absolute atomic E-state index is 12.1. The molecular formula is C25H27N6O2S+. The molecule has 1 unspecified atom stereocenters. The molecule has 8 nitrogen and oxygen atoms in total. The smallest absolute Gasteiger partial charge is 0.364 e. The maximum atomic E-state index is 12.1. The van der Waals surface area contributed by atoms with Crippen molar-refractivity contribution in [1.29, 1.82) is 0 Å². The van der Waals surface area contributed by atoms with Crippen molar-refractivity contribution < 1.29 is 13.6 Å². The minimum atomic E-state index is -3.50. The zero-order valence-corrected chi connectivity index (χ0v) is 19.6. The van der Waals surface area contributed by atoms with Gasteiger partial charge in [-0.05, 0) is 42.2 Å². The van der Waals surface area contributed by atoms with Crippen LogP contribution in [0, 0.1) is 0 Å². The van der Waals surface area contributed by atoms with Gasteiger partial charge in [-0.15, -0.1) is 0 Å². The van der Waals surface area contributed by atoms with E-state index in [9.17, 15) is 8.42 Å². The molecule has 5 rings (SSSR count). The quantitative estimate of drug-likeness (QED) is 0.443. The van der Waals surface area contributed by atoms with Crippen molar-refractivity contribution in [3.63, 3.8) is 0 Å². The third-order valence-corrected chi connectivity index (χ3v) is 7.25. The Morgan fingerprint density at radius 3 is 2.59 bits per heavy atom. The molecule has 2 aromatic heterocycles. The normalized spacial score (nSPS) is 17.0. The van der Waals surface area contributed by atoms with Gasteiger partial charge in [0.2, 0.25) is 0 Å². The highest BCUT2D eigenvalue weighted by Gasteiger charge is 2.31. The molecular weight excluding hydrogens is 448 g/mol. The number of rotatable bonds is 6. The minimum absolute atomic E-state index is 0.0922. The standard InChI is InChI=1S/C25H26N6O2S/c26-34(32,33)31-15-7-10-19(17-31)24-29-22-13-6-12-21(18-8-2-1-3-9-18)23(22)25(30-24)28-16-20-11-4-5-14-27-20/h1-6,8-9,11-14,19H,7,10,15-17H2,(H2,26,32,33)(H,28,29,30)/p+1. The molecule has 1 atom stereocenters.